The molecule has 0 atom stereocenters. The van der Waals surface area contributed by atoms with Crippen LogP contribution < -0.4 is 0 Å². The van der Waals surface area contributed by atoms with E-state index in [1.807, 2.05) is 0 Å². The van der Waals surface area contributed by atoms with Gasteiger partial charge >= 0.3 is 0 Å². The van der Waals surface area contributed by atoms with Crippen LogP contribution in [0.3, 0.4) is 0 Å². The van der Waals surface area contributed by atoms with Crippen LogP contribution in [0.15, 0.2) is 10.6 Å². The highest BCUT2D eigenvalue weighted by Gasteiger charge is 2.19. The lowest BCUT2D eigenvalue weighted by Crippen LogP contribution is -2.27. The Balaban J connectivity index is 1.63. The predicted molar refractivity (Wildman–Crippen MR) is 60.8 cm³/mol. The summed E-state index contributed by atoms with van der Waals surface area (Å²) in [5.41, 5.74) is 0. The summed E-state index contributed by atoms with van der Waals surface area (Å²) in [5, 5.41) is 32.3. The zero-order chi connectivity index (χ0) is 13.5. The van der Waals surface area contributed by atoms with Crippen LogP contribution in [0.5, 0.6) is 0 Å². The smallest absolute Gasteiger partial charge is 0.292 e. The van der Waals surface area contributed by atoms with Crippen LogP contribution in [-0.2, 0) is 9.68 Å². The van der Waals surface area contributed by atoms with E-state index in [0.717, 1.165) is 25.7 Å². The van der Waals surface area contributed by atoms with Gasteiger partial charge in [0.05, 0.1) is 36.1 Å². The largest absolute Gasteiger partial charge is 0.569 e. The van der Waals surface area contributed by atoms with Gasteiger partial charge in [-0.25, -0.2) is 0 Å². The molecule has 0 aromatic heterocycles. The Bertz CT molecular complexity index is 306. The van der Waals surface area contributed by atoms with Crippen molar-refractivity contribution < 1.29 is 19.6 Å². The first-order valence-corrected chi connectivity index (χ1v) is 6.37. The first kappa shape index (κ1) is 13.4. The molecule has 0 aliphatic carbocycles. The number of hydrogen-bond donors (Lipinski definition) is 0. The van der Waals surface area contributed by atoms with Gasteiger partial charge in [0.25, 0.3) is 6.79 Å². The number of nitrogens with zero attached hydrogens (tertiary/aromatic N) is 6. The third-order valence-corrected chi connectivity index (χ3v) is 3.01. The molecule has 0 amide bonds. The van der Waals surface area contributed by atoms with E-state index in [9.17, 15) is 10.4 Å². The zero-order valence-corrected chi connectivity index (χ0v) is 10.7. The van der Waals surface area contributed by atoms with E-state index in [4.69, 9.17) is 0 Å². The van der Waals surface area contributed by atoms with Crippen molar-refractivity contribution in [3.8, 4) is 0 Å². The summed E-state index contributed by atoms with van der Waals surface area (Å²) >= 11 is 0. The average Bonchev–Trinajstić information content (AvgIpc) is 3.10. The maximum atomic E-state index is 11.3. The summed E-state index contributed by atoms with van der Waals surface area (Å²) in [6.45, 7) is 2.31. The number of rotatable bonds is 6. The third-order valence-electron chi connectivity index (χ3n) is 3.01. The van der Waals surface area contributed by atoms with Crippen molar-refractivity contribution in [1.29, 1.82) is 0 Å². The Kier molecular flexibility index (Phi) is 4.81. The molecule has 0 saturated carbocycles. The lowest BCUT2D eigenvalue weighted by atomic mass is 10.4. The van der Waals surface area contributed by atoms with Gasteiger partial charge in [-0.2, -0.15) is 0 Å². The van der Waals surface area contributed by atoms with E-state index in [-0.39, 0.29) is 6.79 Å². The second-order valence-electron chi connectivity index (χ2n) is 4.37. The second kappa shape index (κ2) is 6.81. The molecule has 2 rings (SSSR count). The molecule has 0 aromatic rings. The Labute approximate surface area is 110 Å². The highest BCUT2D eigenvalue weighted by Crippen LogP contribution is 2.08. The van der Waals surface area contributed by atoms with Crippen molar-refractivity contribution in [2.75, 3.05) is 33.0 Å². The van der Waals surface area contributed by atoms with Crippen LogP contribution >= 0.6 is 0 Å². The van der Waals surface area contributed by atoms with Gasteiger partial charge in [0.15, 0.2) is 0 Å². The Morgan fingerprint density at radius 3 is 1.53 bits per heavy atom. The van der Waals surface area contributed by atoms with Gasteiger partial charge in [-0.15, -0.1) is 10.0 Å². The number of hydrazine groups is 2. The van der Waals surface area contributed by atoms with Crippen molar-refractivity contribution in [3.63, 3.8) is 0 Å². The molecule has 2 aliphatic heterocycles. The minimum absolute atomic E-state index is 0.376. The Hall–Kier alpha value is -2.00. The van der Waals surface area contributed by atoms with Gasteiger partial charge < -0.3 is 10.4 Å². The quantitative estimate of drug-likeness (QED) is 0.233. The van der Waals surface area contributed by atoms with Crippen LogP contribution in [0.25, 0.3) is 0 Å². The molecular formula is C9H18N6O4. The first-order chi connectivity index (χ1) is 9.27. The first-order valence-electron chi connectivity index (χ1n) is 6.37. The minimum atomic E-state index is -0.376. The maximum absolute atomic E-state index is 11.3. The molecule has 10 nitrogen and oxygen atoms in total. The predicted octanol–water partition coefficient (Wildman–Crippen LogP) is 0.754. The molecule has 0 N–H and O–H groups in total. The van der Waals surface area contributed by atoms with Crippen LogP contribution in [0, 0.1) is 10.4 Å². The summed E-state index contributed by atoms with van der Waals surface area (Å²) in [4.78, 5) is 10.0. The molecule has 2 saturated heterocycles. The van der Waals surface area contributed by atoms with E-state index >= 15 is 0 Å². The lowest BCUT2D eigenvalue weighted by Gasteiger charge is -2.10. The fourth-order valence-corrected chi connectivity index (χ4v) is 2.02. The molecule has 2 heterocycles. The molecule has 0 spiro atoms. The highest BCUT2D eigenvalue weighted by atomic mass is 16.8. The molecule has 108 valence electrons. The lowest BCUT2D eigenvalue weighted by molar-refractivity contribution is -0.715. The second-order valence-corrected chi connectivity index (χ2v) is 4.37. The normalized spacial score (nSPS) is 21.1. The van der Waals surface area contributed by atoms with Gasteiger partial charge in [0, 0.05) is 0 Å². The molecule has 2 aliphatic rings. The fraction of sp³-hybridized carbons (Fsp3) is 1.00. The summed E-state index contributed by atoms with van der Waals surface area (Å²) < 4.78 is 0. The maximum Gasteiger partial charge on any atom is 0.292 e. The summed E-state index contributed by atoms with van der Waals surface area (Å²) in [6.07, 6.45) is 3.89. The minimum Gasteiger partial charge on any atom is -0.569 e. The van der Waals surface area contributed by atoms with Crippen molar-refractivity contribution in [1.82, 2.24) is 10.0 Å². The number of hydrogen-bond acceptors (Lipinski definition) is 6. The van der Waals surface area contributed by atoms with Crippen LogP contribution in [0.2, 0.25) is 0 Å². The van der Waals surface area contributed by atoms with Gasteiger partial charge in [0.1, 0.15) is 0 Å². The van der Waals surface area contributed by atoms with Crippen molar-refractivity contribution in [2.45, 2.75) is 25.7 Å². The van der Waals surface area contributed by atoms with Crippen molar-refractivity contribution in [3.05, 3.63) is 10.4 Å². The molecule has 0 unspecified atom stereocenters. The molecule has 0 aromatic carbocycles. The van der Waals surface area contributed by atoms with Crippen molar-refractivity contribution in [2.24, 2.45) is 10.6 Å². The molecule has 10 heteroatoms. The van der Waals surface area contributed by atoms with Gasteiger partial charge in [0.2, 0.25) is 10.6 Å². The van der Waals surface area contributed by atoms with E-state index in [2.05, 4.69) is 20.2 Å². The van der Waals surface area contributed by atoms with E-state index in [0.29, 0.717) is 36.1 Å². The summed E-state index contributed by atoms with van der Waals surface area (Å²) in [7, 11) is 0. The topological polar surface area (TPSA) is 102 Å². The Morgan fingerprint density at radius 2 is 1.16 bits per heavy atom. The Morgan fingerprint density at radius 1 is 0.789 bits per heavy atom. The molecule has 2 fully saturated rings. The standard InChI is InChI=1S/C9H18N6O4/c16-14(12-5-1-2-6-12)10-18-9-19-11-15(17)13-7-3-4-8-13/h1-9H2/b14-10-,15-11-. The van der Waals surface area contributed by atoms with Gasteiger partial charge in [-0.1, -0.05) is 0 Å². The van der Waals surface area contributed by atoms with Crippen LogP contribution in [0.1, 0.15) is 25.7 Å². The molecule has 0 bridgehead atoms. The summed E-state index contributed by atoms with van der Waals surface area (Å²) in [5.74, 6) is 0. The van der Waals surface area contributed by atoms with Gasteiger partial charge in [-0.3, -0.25) is 9.68 Å². The highest BCUT2D eigenvalue weighted by molar-refractivity contribution is 4.56. The monoisotopic (exact) mass is 274 g/mol. The molecular weight excluding hydrogens is 256 g/mol. The van der Waals surface area contributed by atoms with Crippen molar-refractivity contribution >= 4 is 0 Å². The third kappa shape index (κ3) is 4.00. The SMILES string of the molecule is [O-]/[N+](=N\OCO/N=[N+](\[O-])N1CCCC1)N1CCCC1. The molecule has 0 radical (unpaired) electrons. The summed E-state index contributed by atoms with van der Waals surface area (Å²) in [6, 6.07) is 0. The van der Waals surface area contributed by atoms with E-state index < -0.39 is 0 Å². The molecule has 19 heavy (non-hydrogen) atoms. The average molecular weight is 274 g/mol. The van der Waals surface area contributed by atoms with E-state index in [1.54, 1.807) is 0 Å². The zero-order valence-electron chi connectivity index (χ0n) is 10.7. The van der Waals surface area contributed by atoms with Gasteiger partial charge in [-0.05, 0) is 25.7 Å². The van der Waals surface area contributed by atoms with E-state index in [1.165, 1.54) is 10.0 Å². The van der Waals surface area contributed by atoms with Crippen LogP contribution in [0.4, 0.5) is 0 Å². The fourth-order valence-electron chi connectivity index (χ4n) is 2.02. The van der Waals surface area contributed by atoms with Crippen LogP contribution in [-0.4, -0.2) is 52.9 Å².